The van der Waals surface area contributed by atoms with Crippen molar-refractivity contribution in [1.29, 1.82) is 0 Å². The molecule has 0 spiro atoms. The molecule has 1 heterocycles. The largest absolute Gasteiger partial charge is 0.444 e. The van der Waals surface area contributed by atoms with Crippen molar-refractivity contribution in [2.24, 2.45) is 5.92 Å². The lowest BCUT2D eigenvalue weighted by Gasteiger charge is -2.20. The van der Waals surface area contributed by atoms with Gasteiger partial charge in [0.25, 0.3) is 0 Å². The van der Waals surface area contributed by atoms with Crippen LogP contribution in [0.4, 0.5) is 10.5 Å². The molecule has 1 amide bonds. The Hall–Kier alpha value is -1.55. The predicted molar refractivity (Wildman–Crippen MR) is 81.0 cm³/mol. The summed E-state index contributed by atoms with van der Waals surface area (Å²) in [7, 11) is 0. The Kier molecular flexibility index (Phi) is 4.65. The van der Waals surface area contributed by atoms with E-state index < -0.39 is 11.7 Å². The molecule has 0 radical (unpaired) electrons. The molecule has 1 aromatic rings. The van der Waals surface area contributed by atoms with Gasteiger partial charge in [0.2, 0.25) is 0 Å². The van der Waals surface area contributed by atoms with Crippen molar-refractivity contribution in [3.8, 4) is 0 Å². The smallest absolute Gasteiger partial charge is 0.412 e. The fraction of sp³-hybridized carbons (Fsp3) is 0.562. The van der Waals surface area contributed by atoms with E-state index in [-0.39, 0.29) is 0 Å². The standard InChI is InChI=1S/C16H24N2O2/c1-16(2,3)20-15(19)18-14-6-4-5-12(10-14)9-13-7-8-17-11-13/h4-6,10,13,17H,7-9,11H2,1-3H3,(H,18,19). The molecule has 0 aromatic heterocycles. The lowest BCUT2D eigenvalue weighted by atomic mass is 9.98. The average Bonchev–Trinajstić information content (AvgIpc) is 2.79. The number of amides is 1. The van der Waals surface area contributed by atoms with Crippen LogP contribution in [0.2, 0.25) is 0 Å². The van der Waals surface area contributed by atoms with Crippen molar-refractivity contribution in [3.63, 3.8) is 0 Å². The molecule has 110 valence electrons. The van der Waals surface area contributed by atoms with Crippen molar-refractivity contribution in [2.75, 3.05) is 18.4 Å². The maximum atomic E-state index is 11.7. The van der Waals surface area contributed by atoms with Crippen molar-refractivity contribution in [1.82, 2.24) is 5.32 Å². The van der Waals surface area contributed by atoms with Crippen LogP contribution in [0.5, 0.6) is 0 Å². The van der Waals surface area contributed by atoms with Gasteiger partial charge in [0.1, 0.15) is 5.60 Å². The zero-order chi connectivity index (χ0) is 14.6. The summed E-state index contributed by atoms with van der Waals surface area (Å²) in [5.41, 5.74) is 1.58. The van der Waals surface area contributed by atoms with E-state index >= 15 is 0 Å². The minimum Gasteiger partial charge on any atom is -0.444 e. The topological polar surface area (TPSA) is 50.4 Å². The third-order valence-electron chi connectivity index (χ3n) is 3.26. The number of anilines is 1. The van der Waals surface area contributed by atoms with Crippen LogP contribution in [0.15, 0.2) is 24.3 Å². The van der Waals surface area contributed by atoms with Gasteiger partial charge in [-0.2, -0.15) is 0 Å². The molecule has 4 nitrogen and oxygen atoms in total. The monoisotopic (exact) mass is 276 g/mol. The number of benzene rings is 1. The van der Waals surface area contributed by atoms with E-state index in [1.807, 2.05) is 39.0 Å². The SMILES string of the molecule is CC(C)(C)OC(=O)Nc1cccc(CC2CCNC2)c1. The molecule has 0 bridgehead atoms. The molecular weight excluding hydrogens is 252 g/mol. The summed E-state index contributed by atoms with van der Waals surface area (Å²) in [4.78, 5) is 11.7. The summed E-state index contributed by atoms with van der Waals surface area (Å²) >= 11 is 0. The number of hydrogen-bond donors (Lipinski definition) is 2. The molecule has 1 saturated heterocycles. The quantitative estimate of drug-likeness (QED) is 0.891. The van der Waals surface area contributed by atoms with Crippen LogP contribution in [-0.4, -0.2) is 24.8 Å². The minimum atomic E-state index is -0.475. The fourth-order valence-electron chi connectivity index (χ4n) is 2.42. The van der Waals surface area contributed by atoms with E-state index in [0.717, 1.165) is 25.2 Å². The molecule has 4 heteroatoms. The highest BCUT2D eigenvalue weighted by Crippen LogP contribution is 2.19. The third kappa shape index (κ3) is 4.85. The summed E-state index contributed by atoms with van der Waals surface area (Å²) in [6, 6.07) is 8.01. The maximum Gasteiger partial charge on any atom is 0.412 e. The van der Waals surface area contributed by atoms with Crippen LogP contribution in [0.1, 0.15) is 32.8 Å². The summed E-state index contributed by atoms with van der Waals surface area (Å²) in [6.45, 7) is 7.77. The van der Waals surface area contributed by atoms with Gasteiger partial charge in [-0.05, 0) is 70.3 Å². The number of carbonyl (C=O) groups is 1. The molecule has 1 unspecified atom stereocenters. The van der Waals surface area contributed by atoms with E-state index in [1.54, 1.807) is 0 Å². The van der Waals surface area contributed by atoms with Crippen molar-refractivity contribution < 1.29 is 9.53 Å². The first-order chi connectivity index (χ1) is 9.42. The summed E-state index contributed by atoms with van der Waals surface area (Å²) in [5, 5.41) is 6.16. The van der Waals surface area contributed by atoms with Gasteiger partial charge in [-0.3, -0.25) is 5.32 Å². The molecule has 2 rings (SSSR count). The highest BCUT2D eigenvalue weighted by atomic mass is 16.6. The number of rotatable bonds is 3. The van der Waals surface area contributed by atoms with Gasteiger partial charge in [0.05, 0.1) is 0 Å². The molecule has 0 aliphatic carbocycles. The fourth-order valence-corrected chi connectivity index (χ4v) is 2.42. The zero-order valence-electron chi connectivity index (χ0n) is 12.5. The van der Waals surface area contributed by atoms with Crippen molar-refractivity contribution >= 4 is 11.8 Å². The van der Waals surface area contributed by atoms with Crippen LogP contribution in [-0.2, 0) is 11.2 Å². The first-order valence-corrected chi connectivity index (χ1v) is 7.22. The van der Waals surface area contributed by atoms with E-state index in [1.165, 1.54) is 12.0 Å². The predicted octanol–water partition coefficient (Wildman–Crippen LogP) is 3.19. The molecule has 1 aromatic carbocycles. The van der Waals surface area contributed by atoms with Crippen LogP contribution >= 0.6 is 0 Å². The molecule has 0 saturated carbocycles. The second-order valence-electron chi connectivity index (χ2n) is 6.39. The molecule has 1 aliphatic rings. The van der Waals surface area contributed by atoms with Crippen LogP contribution in [0, 0.1) is 5.92 Å². The van der Waals surface area contributed by atoms with E-state index in [9.17, 15) is 4.79 Å². The van der Waals surface area contributed by atoms with Crippen LogP contribution in [0.3, 0.4) is 0 Å². The number of carbonyl (C=O) groups excluding carboxylic acids is 1. The van der Waals surface area contributed by atoms with Gasteiger partial charge in [-0.15, -0.1) is 0 Å². The van der Waals surface area contributed by atoms with Crippen LogP contribution in [0.25, 0.3) is 0 Å². The zero-order valence-corrected chi connectivity index (χ0v) is 12.5. The summed E-state index contributed by atoms with van der Waals surface area (Å²) < 4.78 is 5.25. The van der Waals surface area contributed by atoms with E-state index in [2.05, 4.69) is 16.7 Å². The molecule has 2 N–H and O–H groups in total. The Morgan fingerprint density at radius 2 is 2.25 bits per heavy atom. The second kappa shape index (κ2) is 6.27. The van der Waals surface area contributed by atoms with Gasteiger partial charge >= 0.3 is 6.09 Å². The summed E-state index contributed by atoms with van der Waals surface area (Å²) in [6.07, 6.45) is 1.87. The Bertz CT molecular complexity index is 460. The molecule has 1 atom stereocenters. The minimum absolute atomic E-state index is 0.405. The molecule has 1 aliphatic heterocycles. The first kappa shape index (κ1) is 14.9. The van der Waals surface area contributed by atoms with Crippen molar-refractivity contribution in [2.45, 2.75) is 39.2 Å². The van der Waals surface area contributed by atoms with Gasteiger partial charge in [0.15, 0.2) is 0 Å². The lowest BCUT2D eigenvalue weighted by molar-refractivity contribution is 0.0636. The number of hydrogen-bond acceptors (Lipinski definition) is 3. The van der Waals surface area contributed by atoms with E-state index in [0.29, 0.717) is 5.92 Å². The number of ether oxygens (including phenoxy) is 1. The Labute approximate surface area is 120 Å². The van der Waals surface area contributed by atoms with Gasteiger partial charge in [0, 0.05) is 5.69 Å². The summed E-state index contributed by atoms with van der Waals surface area (Å²) in [5.74, 6) is 0.701. The van der Waals surface area contributed by atoms with Crippen LogP contribution < -0.4 is 10.6 Å². The first-order valence-electron chi connectivity index (χ1n) is 7.22. The maximum absolute atomic E-state index is 11.7. The highest BCUT2D eigenvalue weighted by Gasteiger charge is 2.17. The second-order valence-corrected chi connectivity index (χ2v) is 6.39. The molecular formula is C16H24N2O2. The number of nitrogens with one attached hydrogen (secondary N) is 2. The van der Waals surface area contributed by atoms with Gasteiger partial charge in [-0.25, -0.2) is 4.79 Å². The average molecular weight is 276 g/mol. The lowest BCUT2D eigenvalue weighted by Crippen LogP contribution is -2.27. The van der Waals surface area contributed by atoms with E-state index in [4.69, 9.17) is 4.74 Å². The van der Waals surface area contributed by atoms with Gasteiger partial charge in [-0.1, -0.05) is 12.1 Å². The highest BCUT2D eigenvalue weighted by molar-refractivity contribution is 5.84. The molecule has 1 fully saturated rings. The third-order valence-corrected chi connectivity index (χ3v) is 3.26. The molecule has 20 heavy (non-hydrogen) atoms. The Morgan fingerprint density at radius 3 is 2.90 bits per heavy atom. The Morgan fingerprint density at radius 1 is 1.45 bits per heavy atom. The van der Waals surface area contributed by atoms with Crippen molar-refractivity contribution in [3.05, 3.63) is 29.8 Å². The van der Waals surface area contributed by atoms with Gasteiger partial charge < -0.3 is 10.1 Å². The Balaban J connectivity index is 1.93. The normalized spacial score (nSPS) is 18.9.